The van der Waals surface area contributed by atoms with Crippen LogP contribution in [0.25, 0.3) is 6.08 Å². The molecule has 48 heavy (non-hydrogen) atoms. The average molecular weight is 664 g/mol. The van der Waals surface area contributed by atoms with Gasteiger partial charge in [0.2, 0.25) is 17.7 Å². The van der Waals surface area contributed by atoms with E-state index in [4.69, 9.17) is 32.4 Å². The van der Waals surface area contributed by atoms with Crippen molar-refractivity contribution in [3.8, 4) is 5.75 Å². The van der Waals surface area contributed by atoms with Crippen LogP contribution in [0.15, 0.2) is 27.7 Å². The van der Waals surface area contributed by atoms with E-state index in [1.165, 1.54) is 32.1 Å². The molecule has 2 aromatic rings. The van der Waals surface area contributed by atoms with E-state index >= 15 is 0 Å². The molecule has 262 valence electrons. The minimum atomic E-state index is -1.06. The van der Waals surface area contributed by atoms with E-state index in [1.54, 1.807) is 24.3 Å². The number of nitrogens with one attached hydrogen (secondary N) is 2. The predicted molar refractivity (Wildman–Crippen MR) is 184 cm³/mol. The van der Waals surface area contributed by atoms with E-state index in [0.717, 1.165) is 53.7 Å². The van der Waals surface area contributed by atoms with Gasteiger partial charge in [-0.2, -0.15) is 4.98 Å². The zero-order chi connectivity index (χ0) is 34.4. The van der Waals surface area contributed by atoms with Gasteiger partial charge in [0, 0.05) is 13.0 Å². The number of carbonyl (C=O) groups is 2. The monoisotopic (exact) mass is 663 g/mol. The van der Waals surface area contributed by atoms with Crippen LogP contribution in [-0.2, 0) is 16.0 Å². The van der Waals surface area contributed by atoms with Crippen molar-refractivity contribution in [3.05, 3.63) is 46.6 Å². The number of hydrogen-bond donors (Lipinski definition) is 7. The first-order valence-corrected chi connectivity index (χ1v) is 17.4. The molecule has 0 saturated heterocycles. The van der Waals surface area contributed by atoms with Gasteiger partial charge in [-0.25, -0.2) is 0 Å². The lowest BCUT2D eigenvalue weighted by atomic mass is 9.67. The molecule has 4 saturated carbocycles. The summed E-state index contributed by atoms with van der Waals surface area (Å²) in [7, 11) is 0. The first-order chi connectivity index (χ1) is 22.9. The number of guanidine groups is 1. The number of hydrogen-bond acceptors (Lipinski definition) is 9. The van der Waals surface area contributed by atoms with Gasteiger partial charge in [-0.3, -0.25) is 14.6 Å². The van der Waals surface area contributed by atoms with E-state index in [0.29, 0.717) is 44.1 Å². The van der Waals surface area contributed by atoms with Gasteiger partial charge in [0.05, 0.1) is 6.04 Å². The van der Waals surface area contributed by atoms with Crippen molar-refractivity contribution in [1.82, 2.24) is 20.8 Å². The molecule has 4 bridgehead atoms. The first-order valence-electron chi connectivity index (χ1n) is 17.4. The molecule has 2 unspecified atom stereocenters. The summed E-state index contributed by atoms with van der Waals surface area (Å²) in [5.74, 6) is 2.78. The highest BCUT2D eigenvalue weighted by atomic mass is 16.5. The molecule has 0 aliphatic heterocycles. The smallest absolute Gasteiger partial charge is 0.249 e. The van der Waals surface area contributed by atoms with Crippen molar-refractivity contribution in [3.63, 3.8) is 0 Å². The summed E-state index contributed by atoms with van der Waals surface area (Å²) < 4.78 is 5.80. The molecule has 11 N–H and O–H groups in total. The fourth-order valence-corrected chi connectivity index (χ4v) is 8.54. The Labute approximate surface area is 282 Å². The number of unbranched alkanes of at least 4 members (excludes halogenated alkanes) is 1. The maximum Gasteiger partial charge on any atom is 0.249 e. The van der Waals surface area contributed by atoms with Gasteiger partial charge in [0.25, 0.3) is 0 Å². The third kappa shape index (κ3) is 8.73. The largest absolute Gasteiger partial charge is 0.508 e. The Morgan fingerprint density at radius 2 is 1.77 bits per heavy atom. The van der Waals surface area contributed by atoms with Gasteiger partial charge in [-0.05, 0) is 137 Å². The van der Waals surface area contributed by atoms with Crippen molar-refractivity contribution < 1.29 is 19.2 Å². The van der Waals surface area contributed by atoms with Crippen molar-refractivity contribution >= 4 is 23.8 Å². The quantitative estimate of drug-likeness (QED) is 0.0742. The lowest BCUT2D eigenvalue weighted by Gasteiger charge is -2.37. The second-order valence-electron chi connectivity index (χ2n) is 14.4. The Morgan fingerprint density at radius 3 is 2.42 bits per heavy atom. The summed E-state index contributed by atoms with van der Waals surface area (Å²) in [6, 6.07) is 0.803. The summed E-state index contributed by atoms with van der Waals surface area (Å²) in [6.45, 7) is 4.60. The molecule has 4 fully saturated rings. The molecule has 2 amide bonds. The second-order valence-corrected chi connectivity index (χ2v) is 14.4. The van der Waals surface area contributed by atoms with Crippen molar-refractivity contribution in [2.45, 2.75) is 103 Å². The number of aromatic hydroxyl groups is 1. The molecule has 1 aromatic heterocycles. The second kappa shape index (κ2) is 15.5. The fraction of sp³-hybridized carbons (Fsp3) is 0.629. The summed E-state index contributed by atoms with van der Waals surface area (Å²) in [4.78, 5) is 35.9. The maximum atomic E-state index is 13.9. The number of phenols is 1. The molecule has 5 atom stereocenters. The van der Waals surface area contributed by atoms with Crippen molar-refractivity contribution in [2.24, 2.45) is 51.1 Å². The number of amides is 2. The first kappa shape index (κ1) is 35.3. The molecule has 0 radical (unpaired) electrons. The summed E-state index contributed by atoms with van der Waals surface area (Å²) >= 11 is 0. The third-order valence-corrected chi connectivity index (χ3v) is 10.5. The van der Waals surface area contributed by atoms with Crippen LogP contribution in [0.3, 0.4) is 0 Å². The highest BCUT2D eigenvalue weighted by Crippen LogP contribution is 2.65. The van der Waals surface area contributed by atoms with Crippen LogP contribution in [0.5, 0.6) is 5.75 Å². The normalized spacial score (nSPS) is 24.5. The van der Waals surface area contributed by atoms with E-state index in [2.05, 4.69) is 20.8 Å². The van der Waals surface area contributed by atoms with E-state index < -0.39 is 29.9 Å². The number of aryl methyl sites for hydroxylation is 2. The molecule has 0 spiro atoms. The zero-order valence-corrected chi connectivity index (χ0v) is 28.3. The SMILES string of the molecule is Cc1cc(O)cc(C)c1/C=C/[C@H](NC(=O)[C@H](N)CCCN=C(N)N)C(=O)N[C@@H](CCCCN)c1nc(CC23CC4CC(C2)C(C4)C3)no1. The molecule has 1 aromatic carbocycles. The van der Waals surface area contributed by atoms with Gasteiger partial charge in [-0.15, -0.1) is 0 Å². The number of carbonyl (C=O) groups excluding carboxylic acids is 2. The van der Waals surface area contributed by atoms with Crippen LogP contribution in [-0.4, -0.2) is 58.2 Å². The lowest BCUT2D eigenvalue weighted by Crippen LogP contribution is -2.51. The average Bonchev–Trinajstić information content (AvgIpc) is 3.66. The van der Waals surface area contributed by atoms with Crippen LogP contribution in [0.1, 0.15) is 98.7 Å². The number of phenolic OH excluding ortho intramolecular Hbond substituents is 1. The Morgan fingerprint density at radius 1 is 1.06 bits per heavy atom. The summed E-state index contributed by atoms with van der Waals surface area (Å²) in [5, 5.41) is 20.3. The van der Waals surface area contributed by atoms with E-state index in [-0.39, 0.29) is 17.1 Å². The van der Waals surface area contributed by atoms with Crippen LogP contribution in [0.4, 0.5) is 0 Å². The Bertz CT molecular complexity index is 1460. The van der Waals surface area contributed by atoms with E-state index in [1.807, 2.05) is 13.8 Å². The van der Waals surface area contributed by atoms with Crippen LogP contribution < -0.4 is 33.6 Å². The fourth-order valence-electron chi connectivity index (χ4n) is 8.54. The Balaban J connectivity index is 1.32. The Kier molecular flexibility index (Phi) is 11.4. The minimum Gasteiger partial charge on any atom is -0.508 e. The summed E-state index contributed by atoms with van der Waals surface area (Å²) in [5.41, 5.74) is 25.5. The van der Waals surface area contributed by atoms with Gasteiger partial charge in [0.1, 0.15) is 17.8 Å². The topological polar surface area (TPSA) is 234 Å². The molecule has 6 rings (SSSR count). The lowest BCUT2D eigenvalue weighted by molar-refractivity contribution is -0.129. The highest BCUT2D eigenvalue weighted by Gasteiger charge is 2.56. The van der Waals surface area contributed by atoms with Crippen LogP contribution in [0.2, 0.25) is 0 Å². The number of nitrogens with two attached hydrogens (primary N) is 4. The van der Waals surface area contributed by atoms with Gasteiger partial charge in [0.15, 0.2) is 11.8 Å². The predicted octanol–water partition coefficient (Wildman–Crippen LogP) is 2.63. The molecular formula is C35H53N9O4. The zero-order valence-electron chi connectivity index (χ0n) is 28.3. The van der Waals surface area contributed by atoms with Gasteiger partial charge >= 0.3 is 0 Å². The van der Waals surface area contributed by atoms with E-state index in [9.17, 15) is 14.7 Å². The third-order valence-electron chi connectivity index (χ3n) is 10.5. The molecule has 4 aliphatic rings. The number of rotatable bonds is 17. The minimum absolute atomic E-state index is 0.0265. The number of nitrogens with zero attached hydrogens (tertiary/aromatic N) is 3. The molecular weight excluding hydrogens is 610 g/mol. The standard InChI is InChI=1S/C35H53N9O4/c1-20-12-25(45)13-21(2)26(20)8-9-28(41-31(46)27(37)6-5-11-40-34(38)39)32(47)42-29(7-3-4-10-36)33-43-30(44-48-33)19-35-16-22-14-23(17-35)24(15-22)18-35/h8-9,12-13,22-24,27-29,45H,3-7,10-11,14-19,36-37H2,1-2H3,(H,41,46)(H,42,47)(H4,38,39,40)/b9-8+/t22?,23?,24?,27-,28+,29+,35?/m1/s1. The molecule has 13 nitrogen and oxygen atoms in total. The number of benzene rings is 1. The number of aromatic nitrogens is 2. The van der Waals surface area contributed by atoms with Gasteiger partial charge < -0.3 is 43.2 Å². The number of aliphatic imine (C=N–C) groups is 1. The molecule has 1 heterocycles. The highest BCUT2D eigenvalue weighted by molar-refractivity contribution is 5.92. The van der Waals surface area contributed by atoms with Crippen molar-refractivity contribution in [2.75, 3.05) is 13.1 Å². The van der Waals surface area contributed by atoms with Crippen molar-refractivity contribution in [1.29, 1.82) is 0 Å². The van der Waals surface area contributed by atoms with Crippen LogP contribution >= 0.6 is 0 Å². The molecule has 4 aliphatic carbocycles. The van der Waals surface area contributed by atoms with Gasteiger partial charge in [-0.1, -0.05) is 17.3 Å². The van der Waals surface area contributed by atoms with Crippen LogP contribution in [0, 0.1) is 37.0 Å². The maximum absolute atomic E-state index is 13.9. The Hall–Kier alpha value is -3.97. The molecule has 13 heteroatoms. The summed E-state index contributed by atoms with van der Waals surface area (Å²) in [6.07, 6.45) is 13.6.